The number of sulfonamides is 1. The van der Waals surface area contributed by atoms with Crippen LogP contribution in [0.2, 0.25) is 5.02 Å². The van der Waals surface area contributed by atoms with Crippen LogP contribution in [0.4, 0.5) is 0 Å². The van der Waals surface area contributed by atoms with E-state index in [1.165, 1.54) is 19.2 Å². The molecule has 0 aromatic heterocycles. The fourth-order valence-electron chi connectivity index (χ4n) is 2.01. The van der Waals surface area contributed by atoms with E-state index >= 15 is 0 Å². The summed E-state index contributed by atoms with van der Waals surface area (Å²) in [5.74, 6) is 4.37. The Hall–Kier alpha value is -1.93. The minimum atomic E-state index is -3.77. The first kappa shape index (κ1) is 17.4. The molecule has 0 atom stereocenters. The van der Waals surface area contributed by atoms with Gasteiger partial charge in [0.1, 0.15) is 0 Å². The molecule has 0 radical (unpaired) electrons. The van der Waals surface area contributed by atoms with Crippen LogP contribution in [-0.2, 0) is 14.8 Å². The molecular weight excluding hydrogens is 338 g/mol. The third-order valence-corrected chi connectivity index (χ3v) is 5.42. The van der Waals surface area contributed by atoms with Crippen molar-refractivity contribution in [3.63, 3.8) is 0 Å². The monoisotopic (exact) mass is 353 g/mol. The molecule has 0 heterocycles. The second kappa shape index (κ2) is 7.10. The highest BCUT2D eigenvalue weighted by atomic mass is 35.5. The highest BCUT2D eigenvalue weighted by Crippen LogP contribution is 2.28. The molecule has 2 rings (SSSR count). The van der Waals surface area contributed by atoms with Crippen molar-refractivity contribution in [1.29, 1.82) is 0 Å². The predicted octanol–water partition coefficient (Wildman–Crippen LogP) is 1.62. The van der Waals surface area contributed by atoms with Crippen LogP contribution in [0.3, 0.4) is 0 Å². The first-order valence-electron chi connectivity index (χ1n) is 6.67. The molecule has 122 valence electrons. The van der Waals surface area contributed by atoms with E-state index in [9.17, 15) is 13.2 Å². The van der Waals surface area contributed by atoms with Gasteiger partial charge in [0.05, 0.1) is 11.4 Å². The Balaban J connectivity index is 2.29. The number of hydrogen-bond acceptors (Lipinski definition) is 4. The number of amides is 1. The van der Waals surface area contributed by atoms with Gasteiger partial charge in [0.2, 0.25) is 15.9 Å². The summed E-state index contributed by atoms with van der Waals surface area (Å²) in [4.78, 5) is 11.3. The molecule has 3 N–H and O–H groups in total. The van der Waals surface area contributed by atoms with Crippen LogP contribution >= 0.6 is 11.6 Å². The molecular formula is C15H16ClN3O3S. The van der Waals surface area contributed by atoms with Gasteiger partial charge in [-0.3, -0.25) is 10.2 Å². The van der Waals surface area contributed by atoms with Crippen molar-refractivity contribution in [3.8, 4) is 11.1 Å². The lowest BCUT2D eigenvalue weighted by molar-refractivity contribution is -0.121. The first-order chi connectivity index (χ1) is 10.9. The Labute approximate surface area is 139 Å². The number of nitrogens with one attached hydrogen (secondary N) is 1. The maximum absolute atomic E-state index is 12.4. The average molecular weight is 354 g/mol. The first-order valence-corrected chi connectivity index (χ1v) is 8.49. The molecule has 0 saturated heterocycles. The maximum atomic E-state index is 12.4. The molecule has 0 unspecified atom stereocenters. The van der Waals surface area contributed by atoms with E-state index in [0.717, 1.165) is 15.4 Å². The summed E-state index contributed by atoms with van der Waals surface area (Å²) in [6, 6.07) is 13.6. The van der Waals surface area contributed by atoms with Crippen molar-refractivity contribution in [2.24, 2.45) is 5.84 Å². The van der Waals surface area contributed by atoms with Crippen LogP contribution in [0.15, 0.2) is 53.4 Å². The molecule has 0 fully saturated rings. The quantitative estimate of drug-likeness (QED) is 0.485. The highest BCUT2D eigenvalue weighted by Gasteiger charge is 2.22. The minimum absolute atomic E-state index is 0.0839. The van der Waals surface area contributed by atoms with Crippen molar-refractivity contribution in [2.45, 2.75) is 4.90 Å². The van der Waals surface area contributed by atoms with E-state index in [1.807, 2.05) is 23.6 Å². The molecule has 23 heavy (non-hydrogen) atoms. The van der Waals surface area contributed by atoms with Crippen molar-refractivity contribution in [3.05, 3.63) is 53.6 Å². The number of nitrogens with zero attached hydrogens (tertiary/aromatic N) is 1. The summed E-state index contributed by atoms with van der Waals surface area (Å²) in [7, 11) is -2.46. The lowest BCUT2D eigenvalue weighted by Crippen LogP contribution is -2.41. The summed E-state index contributed by atoms with van der Waals surface area (Å²) in [6.07, 6.45) is 0. The Morgan fingerprint density at radius 3 is 2.35 bits per heavy atom. The van der Waals surface area contributed by atoms with E-state index in [-0.39, 0.29) is 11.4 Å². The topological polar surface area (TPSA) is 92.5 Å². The predicted molar refractivity (Wildman–Crippen MR) is 89.0 cm³/mol. The lowest BCUT2D eigenvalue weighted by atomic mass is 10.1. The number of rotatable bonds is 5. The zero-order valence-electron chi connectivity index (χ0n) is 12.4. The number of nitrogens with two attached hydrogens (primary N) is 1. The molecule has 2 aromatic rings. The fraction of sp³-hybridized carbons (Fsp3) is 0.133. The van der Waals surface area contributed by atoms with Crippen LogP contribution in [0.1, 0.15) is 0 Å². The van der Waals surface area contributed by atoms with Crippen LogP contribution in [0, 0.1) is 0 Å². The second-order valence-electron chi connectivity index (χ2n) is 4.83. The van der Waals surface area contributed by atoms with E-state index in [0.29, 0.717) is 5.02 Å². The van der Waals surface area contributed by atoms with E-state index < -0.39 is 15.9 Å². The molecule has 1 amide bonds. The van der Waals surface area contributed by atoms with Crippen LogP contribution in [0.5, 0.6) is 0 Å². The van der Waals surface area contributed by atoms with Gasteiger partial charge in [-0.15, -0.1) is 0 Å². The molecule has 0 bridgehead atoms. The van der Waals surface area contributed by atoms with Gasteiger partial charge in [-0.1, -0.05) is 41.9 Å². The van der Waals surface area contributed by atoms with Gasteiger partial charge in [0.25, 0.3) is 0 Å². The molecule has 2 aromatic carbocycles. The van der Waals surface area contributed by atoms with Gasteiger partial charge in [0.15, 0.2) is 0 Å². The summed E-state index contributed by atoms with van der Waals surface area (Å²) in [5.41, 5.74) is 3.51. The van der Waals surface area contributed by atoms with Gasteiger partial charge < -0.3 is 0 Å². The zero-order valence-corrected chi connectivity index (χ0v) is 13.9. The molecule has 0 aliphatic rings. The van der Waals surface area contributed by atoms with Crippen molar-refractivity contribution < 1.29 is 13.2 Å². The third kappa shape index (κ3) is 3.89. The van der Waals surface area contributed by atoms with Gasteiger partial charge in [-0.05, 0) is 23.8 Å². The Morgan fingerprint density at radius 2 is 1.78 bits per heavy atom. The van der Waals surface area contributed by atoms with Crippen molar-refractivity contribution in [1.82, 2.24) is 9.73 Å². The average Bonchev–Trinajstić information content (AvgIpc) is 2.55. The normalized spacial score (nSPS) is 11.5. The largest absolute Gasteiger partial charge is 0.293 e. The molecule has 0 saturated carbocycles. The Morgan fingerprint density at radius 1 is 1.17 bits per heavy atom. The highest BCUT2D eigenvalue weighted by molar-refractivity contribution is 7.89. The van der Waals surface area contributed by atoms with Crippen molar-refractivity contribution in [2.75, 3.05) is 13.6 Å². The minimum Gasteiger partial charge on any atom is -0.293 e. The molecule has 0 spiro atoms. The maximum Gasteiger partial charge on any atom is 0.249 e. The van der Waals surface area contributed by atoms with Crippen LogP contribution < -0.4 is 11.3 Å². The zero-order chi connectivity index (χ0) is 17.0. The number of likely N-dealkylation sites (N-methyl/N-ethyl adjacent to an activating group) is 1. The Kier molecular flexibility index (Phi) is 5.38. The number of halogens is 1. The fourth-order valence-corrected chi connectivity index (χ4v) is 3.39. The third-order valence-electron chi connectivity index (χ3n) is 3.27. The number of carbonyl (C=O) groups is 1. The number of hydrogen-bond donors (Lipinski definition) is 2. The molecule has 8 heteroatoms. The van der Waals surface area contributed by atoms with Gasteiger partial charge in [-0.25, -0.2) is 14.3 Å². The standard InChI is InChI=1S/C15H16ClN3O3S/c1-19(10-15(20)18-17)23(21,22)12-8-6-11(7-9-12)13-4-2-3-5-14(13)16/h2-9H,10,17H2,1H3,(H,18,20). The van der Waals surface area contributed by atoms with Crippen molar-refractivity contribution >= 4 is 27.5 Å². The summed E-state index contributed by atoms with van der Waals surface area (Å²) in [5, 5.41) is 0.583. The summed E-state index contributed by atoms with van der Waals surface area (Å²) >= 11 is 6.13. The van der Waals surface area contributed by atoms with E-state index in [4.69, 9.17) is 17.4 Å². The van der Waals surface area contributed by atoms with Gasteiger partial charge in [-0.2, -0.15) is 4.31 Å². The van der Waals surface area contributed by atoms with Gasteiger partial charge in [0, 0.05) is 17.6 Å². The smallest absolute Gasteiger partial charge is 0.249 e. The van der Waals surface area contributed by atoms with E-state index in [2.05, 4.69) is 0 Å². The molecule has 0 aliphatic carbocycles. The molecule has 0 aliphatic heterocycles. The van der Waals surface area contributed by atoms with E-state index in [1.54, 1.807) is 18.2 Å². The summed E-state index contributed by atoms with van der Waals surface area (Å²) < 4.78 is 25.7. The van der Waals surface area contributed by atoms with Crippen LogP contribution in [0.25, 0.3) is 11.1 Å². The Bertz CT molecular complexity index is 807. The molecule has 6 nitrogen and oxygen atoms in total. The number of hydrazine groups is 1. The number of benzene rings is 2. The van der Waals surface area contributed by atoms with Crippen LogP contribution in [-0.4, -0.2) is 32.2 Å². The van der Waals surface area contributed by atoms with Gasteiger partial charge >= 0.3 is 0 Å². The number of carbonyl (C=O) groups excluding carboxylic acids is 1. The lowest BCUT2D eigenvalue weighted by Gasteiger charge is -2.16. The summed E-state index contributed by atoms with van der Waals surface area (Å²) in [6.45, 7) is -0.356. The SMILES string of the molecule is CN(CC(=O)NN)S(=O)(=O)c1ccc(-c2ccccc2Cl)cc1. The second-order valence-corrected chi connectivity index (χ2v) is 7.28.